The Morgan fingerprint density at radius 2 is 2.29 bits per heavy atom. The molecule has 0 fully saturated rings. The minimum Gasteiger partial charge on any atom is -0.503 e. The lowest BCUT2D eigenvalue weighted by Gasteiger charge is -2.06. The lowest BCUT2D eigenvalue weighted by atomic mass is 10.2. The number of pyridine rings is 1. The van der Waals surface area contributed by atoms with E-state index in [1.54, 1.807) is 30.5 Å². The van der Waals surface area contributed by atoms with E-state index >= 15 is 0 Å². The van der Waals surface area contributed by atoms with Gasteiger partial charge in [0.1, 0.15) is 0 Å². The van der Waals surface area contributed by atoms with Gasteiger partial charge in [0.25, 0.3) is 5.91 Å². The molecule has 0 unspecified atom stereocenters. The van der Waals surface area contributed by atoms with Gasteiger partial charge in [0.05, 0.1) is 23.4 Å². The van der Waals surface area contributed by atoms with Crippen molar-refractivity contribution in [1.29, 1.82) is 0 Å². The molecule has 0 radical (unpaired) electrons. The number of amides is 1. The Balaban J connectivity index is 2.09. The first-order valence-corrected chi connectivity index (χ1v) is 6.71. The minimum absolute atomic E-state index is 0.0277. The van der Waals surface area contributed by atoms with Crippen molar-refractivity contribution >= 4 is 28.1 Å². The van der Waals surface area contributed by atoms with Crippen LogP contribution in [-0.4, -0.2) is 29.3 Å². The maximum atomic E-state index is 11.7. The van der Waals surface area contributed by atoms with Crippen LogP contribution in [0.15, 0.2) is 46.2 Å². The minimum atomic E-state index is -0.367. The van der Waals surface area contributed by atoms with E-state index < -0.39 is 0 Å². The molecule has 1 amide bonds. The van der Waals surface area contributed by atoms with Gasteiger partial charge in [-0.3, -0.25) is 9.78 Å². The Labute approximate surface area is 129 Å². The van der Waals surface area contributed by atoms with Crippen LogP contribution >= 0.6 is 15.9 Å². The number of phenolic OH excluding ortho intramolecular Hbond substituents is 1. The van der Waals surface area contributed by atoms with Crippen LogP contribution in [0.1, 0.15) is 15.9 Å². The van der Waals surface area contributed by atoms with E-state index in [0.29, 0.717) is 21.3 Å². The van der Waals surface area contributed by atoms with Crippen molar-refractivity contribution < 1.29 is 14.6 Å². The number of benzene rings is 1. The molecule has 1 heterocycles. The van der Waals surface area contributed by atoms with E-state index in [1.807, 2.05) is 0 Å². The first-order valence-electron chi connectivity index (χ1n) is 5.92. The number of rotatable bonds is 4. The monoisotopic (exact) mass is 349 g/mol. The number of carbonyl (C=O) groups is 1. The van der Waals surface area contributed by atoms with Crippen LogP contribution in [0.3, 0.4) is 0 Å². The third-order valence-corrected chi connectivity index (χ3v) is 3.46. The van der Waals surface area contributed by atoms with E-state index in [4.69, 9.17) is 4.74 Å². The van der Waals surface area contributed by atoms with Gasteiger partial charge in [0, 0.05) is 18.0 Å². The van der Waals surface area contributed by atoms with Gasteiger partial charge >= 0.3 is 0 Å². The molecule has 1 aromatic carbocycles. The highest BCUT2D eigenvalue weighted by molar-refractivity contribution is 9.10. The summed E-state index contributed by atoms with van der Waals surface area (Å²) in [5.41, 5.74) is 3.39. The summed E-state index contributed by atoms with van der Waals surface area (Å²) in [7, 11) is 1.46. The van der Waals surface area contributed by atoms with E-state index in [-0.39, 0.29) is 11.7 Å². The molecule has 0 atom stereocenters. The fourth-order valence-corrected chi connectivity index (χ4v) is 1.98. The van der Waals surface area contributed by atoms with E-state index in [9.17, 15) is 9.90 Å². The number of nitrogens with one attached hydrogen (secondary N) is 1. The summed E-state index contributed by atoms with van der Waals surface area (Å²) < 4.78 is 5.41. The van der Waals surface area contributed by atoms with Crippen molar-refractivity contribution in [3.63, 3.8) is 0 Å². The van der Waals surface area contributed by atoms with Gasteiger partial charge in [-0.25, -0.2) is 5.43 Å². The lowest BCUT2D eigenvalue weighted by Crippen LogP contribution is -2.17. The topological polar surface area (TPSA) is 83.8 Å². The molecule has 0 aliphatic heterocycles. The highest BCUT2D eigenvalue weighted by Gasteiger charge is 2.09. The Kier molecular flexibility index (Phi) is 4.89. The van der Waals surface area contributed by atoms with Crippen LogP contribution < -0.4 is 10.2 Å². The van der Waals surface area contributed by atoms with Crippen molar-refractivity contribution in [1.82, 2.24) is 10.4 Å². The first-order chi connectivity index (χ1) is 10.1. The molecule has 2 rings (SSSR count). The van der Waals surface area contributed by atoms with Crippen molar-refractivity contribution in [2.45, 2.75) is 0 Å². The lowest BCUT2D eigenvalue weighted by molar-refractivity contribution is 0.0955. The number of aromatic hydroxyl groups is 1. The van der Waals surface area contributed by atoms with Crippen LogP contribution in [0.25, 0.3) is 0 Å². The summed E-state index contributed by atoms with van der Waals surface area (Å²) in [4.78, 5) is 15.6. The number of phenols is 1. The van der Waals surface area contributed by atoms with Gasteiger partial charge in [-0.2, -0.15) is 5.10 Å². The maximum Gasteiger partial charge on any atom is 0.272 e. The fourth-order valence-electron chi connectivity index (χ4n) is 1.55. The quantitative estimate of drug-likeness (QED) is 0.655. The van der Waals surface area contributed by atoms with Crippen molar-refractivity contribution in [3.05, 3.63) is 52.3 Å². The second-order valence-corrected chi connectivity index (χ2v) is 4.75. The molecule has 108 valence electrons. The van der Waals surface area contributed by atoms with Crippen LogP contribution in [0.5, 0.6) is 11.5 Å². The number of nitrogens with zero attached hydrogens (tertiary/aromatic N) is 2. The molecule has 0 saturated carbocycles. The van der Waals surface area contributed by atoms with Gasteiger partial charge in [-0.05, 0) is 40.2 Å². The zero-order valence-corrected chi connectivity index (χ0v) is 12.7. The van der Waals surface area contributed by atoms with E-state index in [0.717, 1.165) is 0 Å². The second-order valence-electron chi connectivity index (χ2n) is 3.96. The van der Waals surface area contributed by atoms with Gasteiger partial charge in [0.2, 0.25) is 0 Å². The normalized spacial score (nSPS) is 10.6. The van der Waals surface area contributed by atoms with Crippen molar-refractivity contribution in [2.75, 3.05) is 7.11 Å². The molecular weight excluding hydrogens is 338 g/mol. The number of ether oxygens (including phenoxy) is 1. The number of hydrazone groups is 1. The Bertz CT molecular complexity index is 675. The predicted octanol–water partition coefficient (Wildman–Crippen LogP) is 2.32. The average Bonchev–Trinajstić information content (AvgIpc) is 2.52. The first kappa shape index (κ1) is 15.0. The van der Waals surface area contributed by atoms with Gasteiger partial charge in [-0.1, -0.05) is 0 Å². The molecule has 0 aliphatic rings. The number of aromatic nitrogens is 1. The fraction of sp³-hybridized carbons (Fsp3) is 0.0714. The van der Waals surface area contributed by atoms with Gasteiger partial charge < -0.3 is 9.84 Å². The van der Waals surface area contributed by atoms with Crippen LogP contribution in [0, 0.1) is 0 Å². The highest BCUT2D eigenvalue weighted by Crippen LogP contribution is 2.35. The maximum absolute atomic E-state index is 11.7. The zero-order chi connectivity index (χ0) is 15.2. The van der Waals surface area contributed by atoms with Gasteiger partial charge in [0.15, 0.2) is 11.5 Å². The molecule has 2 N–H and O–H groups in total. The number of hydrogen-bond donors (Lipinski definition) is 2. The molecule has 0 saturated heterocycles. The molecular formula is C14H12BrN3O3. The predicted molar refractivity (Wildman–Crippen MR) is 81.7 cm³/mol. The van der Waals surface area contributed by atoms with Crippen LogP contribution in [-0.2, 0) is 0 Å². The van der Waals surface area contributed by atoms with Crippen LogP contribution in [0.2, 0.25) is 0 Å². The summed E-state index contributed by atoms with van der Waals surface area (Å²) >= 11 is 3.24. The molecule has 21 heavy (non-hydrogen) atoms. The molecule has 0 aliphatic carbocycles. The number of halogens is 1. The molecule has 6 nitrogen and oxygen atoms in total. The average molecular weight is 350 g/mol. The van der Waals surface area contributed by atoms with Gasteiger partial charge in [-0.15, -0.1) is 0 Å². The highest BCUT2D eigenvalue weighted by atomic mass is 79.9. The summed E-state index contributed by atoms with van der Waals surface area (Å²) in [6.07, 6.45) is 4.44. The van der Waals surface area contributed by atoms with Crippen LogP contribution in [0.4, 0.5) is 0 Å². The number of hydrogen-bond acceptors (Lipinski definition) is 5. The Morgan fingerprint density at radius 1 is 1.48 bits per heavy atom. The third-order valence-electron chi connectivity index (χ3n) is 2.62. The molecule has 1 aromatic heterocycles. The van der Waals surface area contributed by atoms with E-state index in [2.05, 4.69) is 31.4 Å². The molecule has 7 heteroatoms. The summed E-state index contributed by atoms with van der Waals surface area (Å²) in [6, 6.07) is 6.59. The number of methoxy groups -OCH3 is 1. The SMILES string of the molecule is COc1ccc(/C=N\NC(=O)c2cccnc2)c(Br)c1O. The summed E-state index contributed by atoms with van der Waals surface area (Å²) in [5.74, 6) is -0.0494. The number of carbonyl (C=O) groups excluding carboxylic acids is 1. The summed E-state index contributed by atoms with van der Waals surface area (Å²) in [5, 5.41) is 13.7. The Morgan fingerprint density at radius 3 is 2.95 bits per heavy atom. The third kappa shape index (κ3) is 3.57. The standard InChI is InChI=1S/C14H12BrN3O3/c1-21-11-5-4-9(12(15)13(11)19)8-17-18-14(20)10-3-2-6-16-7-10/h2-8,19H,1H3,(H,18,20)/b17-8-. The molecule has 2 aromatic rings. The smallest absolute Gasteiger partial charge is 0.272 e. The Hall–Kier alpha value is -2.41. The van der Waals surface area contributed by atoms with Crippen molar-refractivity contribution in [3.8, 4) is 11.5 Å². The zero-order valence-electron chi connectivity index (χ0n) is 11.1. The van der Waals surface area contributed by atoms with E-state index in [1.165, 1.54) is 19.5 Å². The molecule has 0 spiro atoms. The second kappa shape index (κ2) is 6.85. The summed E-state index contributed by atoms with van der Waals surface area (Å²) in [6.45, 7) is 0. The molecule has 0 bridgehead atoms. The van der Waals surface area contributed by atoms with Crippen molar-refractivity contribution in [2.24, 2.45) is 5.10 Å². The largest absolute Gasteiger partial charge is 0.503 e.